The Morgan fingerprint density at radius 1 is 1.29 bits per heavy atom. The molecular formula is C13H18N2O2. The van der Waals surface area contributed by atoms with Crippen LogP contribution >= 0.6 is 0 Å². The van der Waals surface area contributed by atoms with Gasteiger partial charge in [-0.15, -0.1) is 0 Å². The lowest BCUT2D eigenvalue weighted by molar-refractivity contribution is -0.142. The number of carbonyl (C=O) groups is 1. The van der Waals surface area contributed by atoms with Gasteiger partial charge in [-0.25, -0.2) is 0 Å². The highest BCUT2D eigenvalue weighted by atomic mass is 16.5. The van der Waals surface area contributed by atoms with Crippen molar-refractivity contribution >= 4 is 17.4 Å². The van der Waals surface area contributed by atoms with Crippen LogP contribution in [0.2, 0.25) is 0 Å². The molecule has 1 rings (SSSR count). The van der Waals surface area contributed by atoms with Gasteiger partial charge in [-0.05, 0) is 32.4 Å². The predicted molar refractivity (Wildman–Crippen MR) is 69.0 cm³/mol. The maximum atomic E-state index is 11.1. The highest BCUT2D eigenvalue weighted by Crippen LogP contribution is 2.05. The van der Waals surface area contributed by atoms with Crippen molar-refractivity contribution in [3.05, 3.63) is 30.3 Å². The summed E-state index contributed by atoms with van der Waals surface area (Å²) in [6.07, 6.45) is 0.984. The van der Waals surface area contributed by atoms with Gasteiger partial charge in [-0.3, -0.25) is 10.2 Å². The van der Waals surface area contributed by atoms with Gasteiger partial charge in [0.1, 0.15) is 0 Å². The summed E-state index contributed by atoms with van der Waals surface area (Å²) >= 11 is 0. The number of anilines is 1. The van der Waals surface area contributed by atoms with Crippen molar-refractivity contribution in [3.63, 3.8) is 0 Å². The summed E-state index contributed by atoms with van der Waals surface area (Å²) in [7, 11) is 0. The van der Waals surface area contributed by atoms with E-state index in [1.165, 1.54) is 0 Å². The maximum Gasteiger partial charge on any atom is 0.306 e. The lowest BCUT2D eigenvalue weighted by Crippen LogP contribution is -2.07. The summed E-state index contributed by atoms with van der Waals surface area (Å²) in [5.41, 5.74) is 4.75. The molecule has 0 aliphatic rings. The van der Waals surface area contributed by atoms with E-state index in [4.69, 9.17) is 4.74 Å². The van der Waals surface area contributed by atoms with Crippen LogP contribution in [0.4, 0.5) is 5.69 Å². The zero-order valence-corrected chi connectivity index (χ0v) is 10.3. The molecule has 0 heterocycles. The first kappa shape index (κ1) is 13.2. The third kappa shape index (κ3) is 5.70. The molecule has 1 aromatic rings. The standard InChI is InChI=1S/C13H18N2O2/c1-3-17-13(16)10-9-11(2)14-15-12-7-5-4-6-8-12/h4-8,15H,3,9-10H2,1-2H3/b14-11-. The van der Waals surface area contributed by atoms with Crippen molar-refractivity contribution in [2.45, 2.75) is 26.7 Å². The van der Waals surface area contributed by atoms with Crippen LogP contribution in [0.5, 0.6) is 0 Å². The van der Waals surface area contributed by atoms with Crippen molar-refractivity contribution in [1.82, 2.24) is 0 Å². The molecule has 0 atom stereocenters. The number of nitrogens with one attached hydrogen (secondary N) is 1. The van der Waals surface area contributed by atoms with E-state index in [0.29, 0.717) is 19.4 Å². The second-order valence-electron chi connectivity index (χ2n) is 3.63. The monoisotopic (exact) mass is 234 g/mol. The largest absolute Gasteiger partial charge is 0.466 e. The smallest absolute Gasteiger partial charge is 0.306 e. The molecule has 0 aliphatic heterocycles. The Morgan fingerprint density at radius 2 is 2.00 bits per heavy atom. The predicted octanol–water partition coefficient (Wildman–Crippen LogP) is 2.82. The van der Waals surface area contributed by atoms with Crippen LogP contribution < -0.4 is 5.43 Å². The minimum absolute atomic E-state index is 0.179. The number of nitrogens with zero attached hydrogens (tertiary/aromatic N) is 1. The quantitative estimate of drug-likeness (QED) is 0.468. The normalized spacial score (nSPS) is 11.1. The molecule has 1 N–H and O–H groups in total. The Hall–Kier alpha value is -1.84. The first-order chi connectivity index (χ1) is 8.22. The van der Waals surface area contributed by atoms with Gasteiger partial charge in [0.25, 0.3) is 0 Å². The molecule has 4 heteroatoms. The highest BCUT2D eigenvalue weighted by molar-refractivity contribution is 5.86. The third-order valence-corrected chi connectivity index (χ3v) is 2.15. The minimum Gasteiger partial charge on any atom is -0.466 e. The van der Waals surface area contributed by atoms with Gasteiger partial charge < -0.3 is 4.74 Å². The minimum atomic E-state index is -0.179. The van der Waals surface area contributed by atoms with Crippen LogP contribution in [0.15, 0.2) is 35.4 Å². The fourth-order valence-corrected chi connectivity index (χ4v) is 1.24. The number of benzene rings is 1. The lowest BCUT2D eigenvalue weighted by Gasteiger charge is -2.03. The van der Waals surface area contributed by atoms with E-state index in [1.54, 1.807) is 6.92 Å². The molecule has 92 valence electrons. The Bertz CT molecular complexity index is 374. The van der Waals surface area contributed by atoms with Crippen LogP contribution in [0.1, 0.15) is 26.7 Å². The van der Waals surface area contributed by atoms with E-state index in [1.807, 2.05) is 37.3 Å². The van der Waals surface area contributed by atoms with Gasteiger partial charge in [-0.2, -0.15) is 5.10 Å². The molecule has 1 aromatic carbocycles. The number of hydrogen-bond donors (Lipinski definition) is 1. The zero-order chi connectivity index (χ0) is 12.5. The first-order valence-corrected chi connectivity index (χ1v) is 5.72. The number of hydrazone groups is 1. The van der Waals surface area contributed by atoms with E-state index in [2.05, 4.69) is 10.5 Å². The molecule has 0 radical (unpaired) electrons. The molecule has 0 amide bonds. The molecule has 0 unspecified atom stereocenters. The molecule has 0 spiro atoms. The van der Waals surface area contributed by atoms with Crippen LogP contribution in [-0.2, 0) is 9.53 Å². The Labute approximate surface area is 102 Å². The average Bonchev–Trinajstić information content (AvgIpc) is 2.35. The summed E-state index contributed by atoms with van der Waals surface area (Å²) in [5, 5.41) is 4.19. The molecule has 0 saturated heterocycles. The molecule has 0 fully saturated rings. The van der Waals surface area contributed by atoms with Gasteiger partial charge >= 0.3 is 5.97 Å². The van der Waals surface area contributed by atoms with Crippen molar-refractivity contribution in [2.24, 2.45) is 5.10 Å². The molecule has 4 nitrogen and oxygen atoms in total. The Morgan fingerprint density at radius 3 is 2.65 bits per heavy atom. The number of rotatable bonds is 6. The third-order valence-electron chi connectivity index (χ3n) is 2.15. The van der Waals surface area contributed by atoms with Crippen LogP contribution in [0, 0.1) is 0 Å². The van der Waals surface area contributed by atoms with Crippen molar-refractivity contribution in [1.29, 1.82) is 0 Å². The van der Waals surface area contributed by atoms with Crippen LogP contribution in [0.25, 0.3) is 0 Å². The van der Waals surface area contributed by atoms with Crippen molar-refractivity contribution < 1.29 is 9.53 Å². The highest BCUT2D eigenvalue weighted by Gasteiger charge is 2.02. The van der Waals surface area contributed by atoms with E-state index >= 15 is 0 Å². The fourth-order valence-electron chi connectivity index (χ4n) is 1.24. The average molecular weight is 234 g/mol. The number of para-hydroxylation sites is 1. The van der Waals surface area contributed by atoms with E-state index < -0.39 is 0 Å². The van der Waals surface area contributed by atoms with E-state index in [9.17, 15) is 4.79 Å². The van der Waals surface area contributed by atoms with Crippen molar-refractivity contribution in [2.75, 3.05) is 12.0 Å². The second-order valence-corrected chi connectivity index (χ2v) is 3.63. The first-order valence-electron chi connectivity index (χ1n) is 5.72. The molecule has 17 heavy (non-hydrogen) atoms. The number of ether oxygens (including phenoxy) is 1. The van der Waals surface area contributed by atoms with Crippen molar-refractivity contribution in [3.8, 4) is 0 Å². The summed E-state index contributed by atoms with van der Waals surface area (Å²) in [5.74, 6) is -0.179. The van der Waals surface area contributed by atoms with Crippen LogP contribution in [0.3, 0.4) is 0 Å². The fraction of sp³-hybridized carbons (Fsp3) is 0.385. The molecule has 0 saturated carbocycles. The molecular weight excluding hydrogens is 216 g/mol. The summed E-state index contributed by atoms with van der Waals surface area (Å²) < 4.78 is 4.84. The van der Waals surface area contributed by atoms with E-state index in [0.717, 1.165) is 11.4 Å². The SMILES string of the molecule is CCOC(=O)CC/C(C)=N\Nc1ccccc1. The molecule has 0 aromatic heterocycles. The van der Waals surface area contributed by atoms with Gasteiger partial charge in [0.2, 0.25) is 0 Å². The maximum absolute atomic E-state index is 11.1. The second kappa shape index (κ2) is 7.44. The van der Waals surface area contributed by atoms with Gasteiger partial charge in [-0.1, -0.05) is 18.2 Å². The summed E-state index contributed by atoms with van der Waals surface area (Å²) in [6, 6.07) is 9.68. The summed E-state index contributed by atoms with van der Waals surface area (Å²) in [6.45, 7) is 4.11. The van der Waals surface area contributed by atoms with Gasteiger partial charge in [0.05, 0.1) is 18.7 Å². The zero-order valence-electron chi connectivity index (χ0n) is 10.3. The van der Waals surface area contributed by atoms with Crippen LogP contribution in [-0.4, -0.2) is 18.3 Å². The molecule has 0 bridgehead atoms. The number of hydrogen-bond acceptors (Lipinski definition) is 4. The summed E-state index contributed by atoms with van der Waals surface area (Å²) in [4.78, 5) is 11.1. The molecule has 0 aliphatic carbocycles. The van der Waals surface area contributed by atoms with Gasteiger partial charge in [0, 0.05) is 5.71 Å². The van der Waals surface area contributed by atoms with Gasteiger partial charge in [0.15, 0.2) is 0 Å². The Balaban J connectivity index is 2.32. The topological polar surface area (TPSA) is 50.7 Å². The van der Waals surface area contributed by atoms with E-state index in [-0.39, 0.29) is 5.97 Å². The number of carbonyl (C=O) groups excluding carboxylic acids is 1. The lowest BCUT2D eigenvalue weighted by atomic mass is 10.2. The number of esters is 1. The Kier molecular flexibility index (Phi) is 5.79.